The molecule has 180 valence electrons. The van der Waals surface area contributed by atoms with Crippen LogP contribution < -0.4 is 4.74 Å². The summed E-state index contributed by atoms with van der Waals surface area (Å²) in [5.74, 6) is 0.775. The fraction of sp³-hybridized carbons (Fsp3) is 0.111. The molecule has 2 aliphatic heterocycles. The summed E-state index contributed by atoms with van der Waals surface area (Å²) in [6.07, 6.45) is 1.60. The molecule has 2 heterocycles. The number of fused-ring (bicyclic) bond motifs is 1. The van der Waals surface area contributed by atoms with E-state index in [-0.39, 0.29) is 11.4 Å². The fourth-order valence-electron chi connectivity index (χ4n) is 3.60. The number of ether oxygens (including phenoxy) is 1. The predicted octanol–water partition coefficient (Wildman–Crippen LogP) is 6.74. The van der Waals surface area contributed by atoms with Gasteiger partial charge in [0.15, 0.2) is 10.2 Å². The molecule has 3 aromatic carbocycles. The number of hydrazone groups is 1. The van der Waals surface area contributed by atoms with Gasteiger partial charge in [-0.3, -0.25) is 10.2 Å². The summed E-state index contributed by atoms with van der Waals surface area (Å²) < 4.78 is 6.82. The number of aryl methyl sites for hydroxylation is 1. The van der Waals surface area contributed by atoms with Crippen molar-refractivity contribution in [3.05, 3.63) is 106 Å². The van der Waals surface area contributed by atoms with Gasteiger partial charge in [-0.25, -0.2) is 0 Å². The Morgan fingerprint density at radius 2 is 1.89 bits per heavy atom. The minimum absolute atomic E-state index is 0.0300. The first kappa shape index (κ1) is 24.4. The lowest BCUT2D eigenvalue weighted by Crippen LogP contribution is -2.35. The highest BCUT2D eigenvalue weighted by Crippen LogP contribution is 2.35. The van der Waals surface area contributed by atoms with Crippen LogP contribution in [-0.4, -0.2) is 26.3 Å². The minimum atomic E-state index is -0.493. The van der Waals surface area contributed by atoms with E-state index in [4.69, 9.17) is 21.7 Å². The molecule has 2 aliphatic rings. The van der Waals surface area contributed by atoms with Crippen LogP contribution >= 0.6 is 35.1 Å². The average Bonchev–Trinajstić information content (AvgIpc) is 3.29. The molecule has 0 radical (unpaired) electrons. The van der Waals surface area contributed by atoms with E-state index in [9.17, 15) is 4.79 Å². The SMILES string of the molecule is Cc1ccccc1COc1ccc(Cl)cc1C=C1C(=N)N2N=C(SCc3ccccc3)SC2=NC1=O. The molecule has 0 unspecified atom stereocenters. The number of carbonyl (C=O) groups is 1. The van der Waals surface area contributed by atoms with Crippen molar-refractivity contribution >= 4 is 62.5 Å². The Hall–Kier alpha value is -3.33. The van der Waals surface area contributed by atoms with Gasteiger partial charge >= 0.3 is 0 Å². The lowest BCUT2D eigenvalue weighted by molar-refractivity contribution is -0.114. The summed E-state index contributed by atoms with van der Waals surface area (Å²) in [5, 5.41) is 15.5. The Labute approximate surface area is 222 Å². The van der Waals surface area contributed by atoms with E-state index in [2.05, 4.69) is 10.1 Å². The monoisotopic (exact) mass is 532 g/mol. The molecule has 0 spiro atoms. The molecule has 0 aromatic heterocycles. The number of nitrogens with one attached hydrogen (secondary N) is 1. The third-order valence-electron chi connectivity index (χ3n) is 5.56. The molecule has 1 amide bonds. The summed E-state index contributed by atoms with van der Waals surface area (Å²) in [6.45, 7) is 2.40. The highest BCUT2D eigenvalue weighted by atomic mass is 35.5. The lowest BCUT2D eigenvalue weighted by Gasteiger charge is -2.20. The van der Waals surface area contributed by atoms with Gasteiger partial charge in [0.25, 0.3) is 5.91 Å². The Morgan fingerprint density at radius 3 is 2.69 bits per heavy atom. The number of halogens is 1. The average molecular weight is 533 g/mol. The molecule has 0 saturated carbocycles. The van der Waals surface area contributed by atoms with Gasteiger partial charge in [0.1, 0.15) is 12.4 Å². The van der Waals surface area contributed by atoms with Crippen molar-refractivity contribution in [1.29, 1.82) is 5.41 Å². The molecular formula is C27H21ClN4O2S2. The van der Waals surface area contributed by atoms with Gasteiger partial charge in [-0.1, -0.05) is 78.0 Å². The second-order valence-corrected chi connectivity index (χ2v) is 10.7. The first-order chi connectivity index (χ1) is 17.5. The molecule has 0 saturated heterocycles. The van der Waals surface area contributed by atoms with E-state index in [0.29, 0.717) is 28.1 Å². The Balaban J connectivity index is 1.37. The van der Waals surface area contributed by atoms with E-state index >= 15 is 0 Å². The summed E-state index contributed by atoms with van der Waals surface area (Å²) in [7, 11) is 0. The van der Waals surface area contributed by atoms with Crippen molar-refractivity contribution < 1.29 is 9.53 Å². The second-order valence-electron chi connectivity index (χ2n) is 8.06. The molecule has 6 nitrogen and oxygen atoms in total. The van der Waals surface area contributed by atoms with E-state index in [1.165, 1.54) is 22.3 Å². The predicted molar refractivity (Wildman–Crippen MR) is 150 cm³/mol. The van der Waals surface area contributed by atoms with Gasteiger partial charge in [-0.2, -0.15) is 10.0 Å². The summed E-state index contributed by atoms with van der Waals surface area (Å²) >= 11 is 9.10. The summed E-state index contributed by atoms with van der Waals surface area (Å²) in [5.41, 5.74) is 4.08. The molecule has 0 bridgehead atoms. The zero-order chi connectivity index (χ0) is 25.1. The maximum atomic E-state index is 12.9. The smallest absolute Gasteiger partial charge is 0.283 e. The molecule has 5 rings (SSSR count). The maximum absolute atomic E-state index is 12.9. The standard InChI is InChI=1S/C27H21ClN4O2S2/c1-17-7-5-6-10-19(17)15-34-23-12-11-21(28)13-20(23)14-22-24(29)32-26(30-25(22)33)36-27(31-32)35-16-18-8-3-2-4-9-18/h2-14,29H,15-16H2,1H3. The molecule has 0 atom stereocenters. The largest absolute Gasteiger partial charge is 0.488 e. The zero-order valence-electron chi connectivity index (χ0n) is 19.3. The second kappa shape index (κ2) is 10.7. The molecule has 1 N–H and O–H groups in total. The van der Waals surface area contributed by atoms with Gasteiger partial charge in [-0.05, 0) is 59.7 Å². The van der Waals surface area contributed by atoms with Crippen molar-refractivity contribution in [2.45, 2.75) is 19.3 Å². The van der Waals surface area contributed by atoms with Crippen LogP contribution in [0.4, 0.5) is 0 Å². The van der Waals surface area contributed by atoms with E-state index in [1.807, 2.05) is 61.5 Å². The van der Waals surface area contributed by atoms with Gasteiger partial charge in [0, 0.05) is 16.3 Å². The Bertz CT molecular complexity index is 1440. The Kier molecular flexibility index (Phi) is 7.27. The number of amidine groups is 2. The molecule has 0 fully saturated rings. The van der Waals surface area contributed by atoms with Gasteiger partial charge in [0.05, 0.1) is 5.57 Å². The molecule has 36 heavy (non-hydrogen) atoms. The highest BCUT2D eigenvalue weighted by Gasteiger charge is 2.36. The first-order valence-corrected chi connectivity index (χ1v) is 13.3. The lowest BCUT2D eigenvalue weighted by atomic mass is 10.1. The van der Waals surface area contributed by atoms with Crippen LogP contribution in [0.1, 0.15) is 22.3 Å². The van der Waals surface area contributed by atoms with Gasteiger partial charge in [-0.15, -0.1) is 5.10 Å². The normalized spacial score (nSPS) is 16.2. The number of benzene rings is 3. The van der Waals surface area contributed by atoms with Crippen molar-refractivity contribution in [2.75, 3.05) is 0 Å². The van der Waals surface area contributed by atoms with Crippen LogP contribution in [0.3, 0.4) is 0 Å². The van der Waals surface area contributed by atoms with Crippen molar-refractivity contribution in [1.82, 2.24) is 5.01 Å². The van der Waals surface area contributed by atoms with Crippen molar-refractivity contribution in [3.8, 4) is 5.75 Å². The number of carbonyl (C=O) groups excluding carboxylic acids is 1. The van der Waals surface area contributed by atoms with Crippen LogP contribution in [0.25, 0.3) is 6.08 Å². The van der Waals surface area contributed by atoms with Crippen molar-refractivity contribution in [2.24, 2.45) is 10.1 Å². The third kappa shape index (κ3) is 5.41. The van der Waals surface area contributed by atoms with Crippen LogP contribution in [0.15, 0.2) is 88.5 Å². The zero-order valence-corrected chi connectivity index (χ0v) is 21.7. The summed E-state index contributed by atoms with van der Waals surface area (Å²) in [6, 6.07) is 23.3. The topological polar surface area (TPSA) is 78.1 Å². The van der Waals surface area contributed by atoms with Gasteiger partial charge in [0.2, 0.25) is 5.17 Å². The van der Waals surface area contributed by atoms with Crippen LogP contribution in [-0.2, 0) is 17.2 Å². The number of aliphatic imine (C=N–C) groups is 1. The number of nitrogens with zero attached hydrogens (tertiary/aromatic N) is 3. The number of amides is 1. The van der Waals surface area contributed by atoms with Crippen LogP contribution in [0, 0.1) is 12.3 Å². The maximum Gasteiger partial charge on any atom is 0.283 e. The first-order valence-electron chi connectivity index (χ1n) is 11.1. The molecule has 9 heteroatoms. The van der Waals surface area contributed by atoms with Crippen LogP contribution in [0.2, 0.25) is 5.02 Å². The number of hydrogen-bond donors (Lipinski definition) is 1. The van der Waals surface area contributed by atoms with Crippen LogP contribution in [0.5, 0.6) is 5.75 Å². The third-order valence-corrected chi connectivity index (χ3v) is 7.91. The minimum Gasteiger partial charge on any atom is -0.488 e. The summed E-state index contributed by atoms with van der Waals surface area (Å²) in [4.78, 5) is 17.1. The number of thioether (sulfide) groups is 2. The quantitative estimate of drug-likeness (QED) is 0.356. The molecule has 0 aliphatic carbocycles. The van der Waals surface area contributed by atoms with Gasteiger partial charge < -0.3 is 4.74 Å². The molecular weight excluding hydrogens is 512 g/mol. The van der Waals surface area contributed by atoms with E-state index in [1.54, 1.807) is 36.0 Å². The fourth-order valence-corrected chi connectivity index (χ4v) is 5.66. The number of hydrogen-bond acceptors (Lipinski definition) is 6. The van der Waals surface area contributed by atoms with E-state index < -0.39 is 5.91 Å². The highest BCUT2D eigenvalue weighted by molar-refractivity contribution is 8.45. The van der Waals surface area contributed by atoms with E-state index in [0.717, 1.165) is 21.3 Å². The number of rotatable bonds is 6. The van der Waals surface area contributed by atoms with Crippen molar-refractivity contribution in [3.63, 3.8) is 0 Å². The Morgan fingerprint density at radius 1 is 1.11 bits per heavy atom. The molecule has 3 aromatic rings.